The number of hydrogen-bond donors (Lipinski definition) is 2. The minimum Gasteiger partial charge on any atom is -0.484 e. The second kappa shape index (κ2) is 9.45. The van der Waals surface area contributed by atoms with Gasteiger partial charge in [0.15, 0.2) is 6.61 Å². The topological polar surface area (TPSA) is 88.8 Å². The summed E-state index contributed by atoms with van der Waals surface area (Å²) in [7, 11) is 0. The predicted molar refractivity (Wildman–Crippen MR) is 118 cm³/mol. The summed E-state index contributed by atoms with van der Waals surface area (Å²) in [6, 6.07) is 20.7. The fourth-order valence-electron chi connectivity index (χ4n) is 3.32. The lowest BCUT2D eigenvalue weighted by molar-refractivity contribution is -0.124. The smallest absolute Gasteiger partial charge is 0.344 e. The van der Waals surface area contributed by atoms with Crippen molar-refractivity contribution >= 4 is 16.9 Å². The molecule has 0 aliphatic rings. The van der Waals surface area contributed by atoms with Gasteiger partial charge in [-0.1, -0.05) is 42.5 Å². The van der Waals surface area contributed by atoms with Crippen molar-refractivity contribution in [1.29, 1.82) is 0 Å². The van der Waals surface area contributed by atoms with Gasteiger partial charge in [-0.2, -0.15) is 0 Å². The number of amides is 1. The van der Waals surface area contributed by atoms with E-state index in [-0.39, 0.29) is 19.0 Å². The Morgan fingerprint density at radius 1 is 1.03 bits per heavy atom. The number of hydrogen-bond acceptors (Lipinski definition) is 5. The van der Waals surface area contributed by atoms with E-state index in [1.165, 1.54) is 30.3 Å². The highest BCUT2D eigenvalue weighted by Gasteiger charge is 2.14. The van der Waals surface area contributed by atoms with E-state index in [0.29, 0.717) is 27.8 Å². The fourth-order valence-corrected chi connectivity index (χ4v) is 3.32. The molecule has 0 radical (unpaired) electrons. The van der Waals surface area contributed by atoms with Crippen molar-refractivity contribution in [2.24, 2.45) is 0 Å². The quantitative estimate of drug-likeness (QED) is 0.433. The van der Waals surface area contributed by atoms with Crippen LogP contribution in [0.1, 0.15) is 11.6 Å². The number of carbonyl (C=O) groups is 1. The molecule has 1 atom stereocenters. The number of carbonyl (C=O) groups excluding carboxylic acids is 1. The van der Waals surface area contributed by atoms with Gasteiger partial charge in [0.05, 0.1) is 18.2 Å². The summed E-state index contributed by atoms with van der Waals surface area (Å²) in [6.07, 6.45) is 0. The van der Waals surface area contributed by atoms with Crippen molar-refractivity contribution in [1.82, 2.24) is 5.32 Å². The highest BCUT2D eigenvalue weighted by Crippen LogP contribution is 2.24. The molecule has 0 aliphatic carbocycles. The number of rotatable bonds is 7. The Morgan fingerprint density at radius 2 is 1.78 bits per heavy atom. The lowest BCUT2D eigenvalue weighted by atomic mass is 10.1. The predicted octanol–water partition coefficient (Wildman–Crippen LogP) is 3.83. The molecule has 1 aromatic heterocycles. The second-order valence-corrected chi connectivity index (χ2v) is 7.16. The zero-order valence-electron chi connectivity index (χ0n) is 17.0. The highest BCUT2D eigenvalue weighted by atomic mass is 19.1. The molecule has 0 fully saturated rings. The molecule has 0 saturated carbocycles. The molecule has 0 bridgehead atoms. The molecule has 32 heavy (non-hydrogen) atoms. The Labute approximate surface area is 182 Å². The number of aliphatic hydroxyl groups is 1. The molecule has 3 aromatic carbocycles. The van der Waals surface area contributed by atoms with E-state index < -0.39 is 17.6 Å². The minimum atomic E-state index is -0.562. The number of benzene rings is 3. The molecular formula is C25H20FNO5. The van der Waals surface area contributed by atoms with Gasteiger partial charge < -0.3 is 19.6 Å². The minimum absolute atomic E-state index is 0.243. The lowest BCUT2D eigenvalue weighted by Gasteiger charge is -2.17. The van der Waals surface area contributed by atoms with E-state index in [0.717, 1.165) is 5.56 Å². The average molecular weight is 433 g/mol. The van der Waals surface area contributed by atoms with Crippen LogP contribution < -0.4 is 15.7 Å². The maximum Gasteiger partial charge on any atom is 0.344 e. The van der Waals surface area contributed by atoms with E-state index in [1.54, 1.807) is 18.2 Å². The first-order valence-electron chi connectivity index (χ1n) is 9.95. The zero-order chi connectivity index (χ0) is 22.5. The largest absolute Gasteiger partial charge is 0.484 e. The molecule has 0 aliphatic heterocycles. The van der Waals surface area contributed by atoms with Gasteiger partial charge in [-0.25, -0.2) is 9.18 Å². The molecule has 1 amide bonds. The molecule has 0 unspecified atom stereocenters. The third-order valence-electron chi connectivity index (χ3n) is 4.95. The zero-order valence-corrected chi connectivity index (χ0v) is 17.0. The first-order chi connectivity index (χ1) is 15.5. The van der Waals surface area contributed by atoms with Crippen molar-refractivity contribution in [2.75, 3.05) is 13.2 Å². The number of ether oxygens (including phenoxy) is 1. The summed E-state index contributed by atoms with van der Waals surface area (Å²) in [5.74, 6) is -0.439. The first kappa shape index (κ1) is 21.3. The normalized spacial score (nSPS) is 11.8. The maximum absolute atomic E-state index is 13.1. The number of aliphatic hydroxyl groups excluding tert-OH is 1. The maximum atomic E-state index is 13.1. The monoisotopic (exact) mass is 433 g/mol. The Kier molecular flexibility index (Phi) is 6.28. The number of nitrogens with one attached hydrogen (secondary N) is 1. The molecule has 4 aromatic rings. The van der Waals surface area contributed by atoms with Crippen LogP contribution in [0.25, 0.3) is 22.1 Å². The van der Waals surface area contributed by atoms with Crippen LogP contribution in [0.4, 0.5) is 4.39 Å². The van der Waals surface area contributed by atoms with Crippen molar-refractivity contribution in [3.05, 3.63) is 101 Å². The summed E-state index contributed by atoms with van der Waals surface area (Å²) in [5.41, 5.74) is 1.40. The summed E-state index contributed by atoms with van der Waals surface area (Å²) in [5, 5.41) is 12.9. The van der Waals surface area contributed by atoms with Crippen molar-refractivity contribution in [3.8, 4) is 16.9 Å². The number of halogens is 1. The van der Waals surface area contributed by atoms with Gasteiger partial charge in [0.2, 0.25) is 0 Å². The summed E-state index contributed by atoms with van der Waals surface area (Å²) < 4.78 is 24.1. The van der Waals surface area contributed by atoms with Gasteiger partial charge in [0.1, 0.15) is 17.1 Å². The first-order valence-corrected chi connectivity index (χ1v) is 9.95. The Bertz CT molecular complexity index is 1290. The van der Waals surface area contributed by atoms with Crippen LogP contribution in [-0.2, 0) is 4.79 Å². The van der Waals surface area contributed by atoms with Gasteiger partial charge in [-0.3, -0.25) is 4.79 Å². The third-order valence-corrected chi connectivity index (χ3v) is 4.95. The lowest BCUT2D eigenvalue weighted by Crippen LogP contribution is -2.34. The van der Waals surface area contributed by atoms with Crippen LogP contribution in [0.3, 0.4) is 0 Å². The van der Waals surface area contributed by atoms with E-state index in [1.807, 2.05) is 30.3 Å². The Hall–Kier alpha value is -3.97. The molecule has 4 rings (SSSR count). The second-order valence-electron chi connectivity index (χ2n) is 7.16. The van der Waals surface area contributed by atoms with Gasteiger partial charge in [0, 0.05) is 11.5 Å². The Morgan fingerprint density at radius 3 is 2.50 bits per heavy atom. The third kappa shape index (κ3) is 4.84. The summed E-state index contributed by atoms with van der Waals surface area (Å²) in [6.45, 7) is -0.514. The SMILES string of the molecule is O=C(COc1ccc2cc(-c3ccc(F)cc3)c(=O)oc2c1)N[C@@H](CO)c1ccccc1. The summed E-state index contributed by atoms with van der Waals surface area (Å²) in [4.78, 5) is 24.7. The van der Waals surface area contributed by atoms with Gasteiger partial charge in [0.25, 0.3) is 5.91 Å². The van der Waals surface area contributed by atoms with E-state index in [9.17, 15) is 19.1 Å². The molecule has 0 saturated heterocycles. The molecule has 7 heteroatoms. The molecule has 0 spiro atoms. The van der Waals surface area contributed by atoms with E-state index >= 15 is 0 Å². The molecule has 162 valence electrons. The molecule has 6 nitrogen and oxygen atoms in total. The molecule has 2 N–H and O–H groups in total. The van der Waals surface area contributed by atoms with Crippen molar-refractivity contribution < 1.29 is 23.4 Å². The molecule has 1 heterocycles. The highest BCUT2D eigenvalue weighted by molar-refractivity contribution is 5.83. The van der Waals surface area contributed by atoms with Crippen molar-refractivity contribution in [2.45, 2.75) is 6.04 Å². The van der Waals surface area contributed by atoms with E-state index in [2.05, 4.69) is 5.32 Å². The van der Waals surface area contributed by atoms with Gasteiger partial charge in [-0.05, 0) is 41.5 Å². The standard InChI is InChI=1S/C25H20FNO5/c26-19-9-6-16(7-10-19)21-12-18-8-11-20(13-23(18)32-25(21)30)31-15-24(29)27-22(14-28)17-4-2-1-3-5-17/h1-13,22,28H,14-15H2,(H,27,29)/t22-/m0/s1. The van der Waals surface area contributed by atoms with Gasteiger partial charge in [-0.15, -0.1) is 0 Å². The van der Waals surface area contributed by atoms with Crippen LogP contribution in [0.5, 0.6) is 5.75 Å². The average Bonchev–Trinajstić information content (AvgIpc) is 2.82. The van der Waals surface area contributed by atoms with Crippen LogP contribution in [-0.4, -0.2) is 24.2 Å². The van der Waals surface area contributed by atoms with Crippen LogP contribution in [0.15, 0.2) is 88.1 Å². The fraction of sp³-hybridized carbons (Fsp3) is 0.120. The summed E-state index contributed by atoms with van der Waals surface area (Å²) >= 11 is 0. The Balaban J connectivity index is 1.46. The van der Waals surface area contributed by atoms with Crippen LogP contribution >= 0.6 is 0 Å². The van der Waals surface area contributed by atoms with Crippen LogP contribution in [0, 0.1) is 5.82 Å². The van der Waals surface area contributed by atoms with Gasteiger partial charge >= 0.3 is 5.63 Å². The van der Waals surface area contributed by atoms with Crippen LogP contribution in [0.2, 0.25) is 0 Å². The van der Waals surface area contributed by atoms with Crippen molar-refractivity contribution in [3.63, 3.8) is 0 Å². The molecular weight excluding hydrogens is 413 g/mol. The number of fused-ring (bicyclic) bond motifs is 1. The van der Waals surface area contributed by atoms with E-state index in [4.69, 9.17) is 9.15 Å².